The fourth-order valence-corrected chi connectivity index (χ4v) is 3.89. The van der Waals surface area contributed by atoms with Gasteiger partial charge in [-0.25, -0.2) is 4.98 Å². The molecule has 4 rings (SSSR count). The molecule has 0 radical (unpaired) electrons. The molecule has 1 saturated carbocycles. The maximum Gasteiger partial charge on any atom is 0.221 e. The Morgan fingerprint density at radius 3 is 3.10 bits per heavy atom. The summed E-state index contributed by atoms with van der Waals surface area (Å²) in [6, 6.07) is 3.65. The number of allylic oxidation sites excluding steroid dienone is 5. The van der Waals surface area contributed by atoms with E-state index < -0.39 is 0 Å². The molecule has 0 saturated heterocycles. The lowest BCUT2D eigenvalue weighted by molar-refractivity contribution is 0.252. The second kappa shape index (κ2) is 3.98. The molecule has 1 aromatic rings. The molecule has 3 aliphatic rings. The summed E-state index contributed by atoms with van der Waals surface area (Å²) in [7, 11) is 0. The largest absolute Gasteiger partial charge is 0.443 e. The zero-order chi connectivity index (χ0) is 13.7. The second-order valence-corrected chi connectivity index (χ2v) is 6.10. The number of anilines is 1. The van der Waals surface area contributed by atoms with E-state index in [2.05, 4.69) is 35.4 Å². The quantitative estimate of drug-likeness (QED) is 0.892. The van der Waals surface area contributed by atoms with E-state index in [1.807, 2.05) is 13.0 Å². The number of hydrogen-bond donors (Lipinski definition) is 1. The summed E-state index contributed by atoms with van der Waals surface area (Å²) in [6.45, 7) is 1.93. The van der Waals surface area contributed by atoms with Gasteiger partial charge in [0.25, 0.3) is 0 Å². The van der Waals surface area contributed by atoms with Crippen molar-refractivity contribution in [3.8, 4) is 5.88 Å². The third-order valence-corrected chi connectivity index (χ3v) is 4.68. The third-order valence-electron chi connectivity index (χ3n) is 4.68. The van der Waals surface area contributed by atoms with Crippen molar-refractivity contribution in [2.45, 2.75) is 19.8 Å². The van der Waals surface area contributed by atoms with E-state index in [0.717, 1.165) is 17.9 Å². The number of nitrogens with two attached hydrogens (primary N) is 1. The summed E-state index contributed by atoms with van der Waals surface area (Å²) < 4.78 is 6.12. The van der Waals surface area contributed by atoms with Crippen LogP contribution < -0.4 is 10.5 Å². The van der Waals surface area contributed by atoms with Gasteiger partial charge in [0.05, 0.1) is 5.41 Å². The number of fused-ring (bicyclic) bond motifs is 1. The average Bonchev–Trinajstić information content (AvgIpc) is 2.90. The maximum absolute atomic E-state index is 6.12. The smallest absolute Gasteiger partial charge is 0.221 e. The van der Waals surface area contributed by atoms with Crippen molar-refractivity contribution in [1.29, 1.82) is 0 Å². The molecular formula is C17H18N2O. The Morgan fingerprint density at radius 2 is 2.25 bits per heavy atom. The van der Waals surface area contributed by atoms with E-state index in [1.165, 1.54) is 6.42 Å². The standard InChI is InChI=1S/C17H18N2O/c1-11-6-14(18)9-16(19-11)20-15-8-12-7-13-4-2-3-5-17(13,15)10-12/h2-6,8-9,12-13H,7,10H2,1H3,(H2,18,19). The number of aryl methyl sites for hydroxylation is 1. The lowest BCUT2D eigenvalue weighted by Gasteiger charge is -2.33. The molecule has 3 atom stereocenters. The van der Waals surface area contributed by atoms with Crippen LogP contribution >= 0.6 is 0 Å². The number of aromatic nitrogens is 1. The minimum absolute atomic E-state index is 0.0552. The van der Waals surface area contributed by atoms with Crippen LogP contribution in [0.1, 0.15) is 18.5 Å². The van der Waals surface area contributed by atoms with Crippen LogP contribution in [-0.2, 0) is 0 Å². The van der Waals surface area contributed by atoms with Gasteiger partial charge >= 0.3 is 0 Å². The first-order chi connectivity index (χ1) is 9.65. The van der Waals surface area contributed by atoms with E-state index in [4.69, 9.17) is 10.5 Å². The molecule has 0 aromatic carbocycles. The monoisotopic (exact) mass is 266 g/mol. The van der Waals surface area contributed by atoms with Gasteiger partial charge in [0.15, 0.2) is 0 Å². The highest BCUT2D eigenvalue weighted by molar-refractivity contribution is 5.44. The summed E-state index contributed by atoms with van der Waals surface area (Å²) in [5.41, 5.74) is 7.51. The minimum atomic E-state index is 0.0552. The first kappa shape index (κ1) is 11.8. The van der Waals surface area contributed by atoms with Crippen molar-refractivity contribution in [3.63, 3.8) is 0 Å². The molecule has 0 aliphatic heterocycles. The van der Waals surface area contributed by atoms with Gasteiger partial charge in [-0.2, -0.15) is 0 Å². The van der Waals surface area contributed by atoms with Crippen LogP contribution in [-0.4, -0.2) is 4.98 Å². The van der Waals surface area contributed by atoms with Crippen molar-refractivity contribution in [1.82, 2.24) is 4.98 Å². The molecule has 1 spiro atoms. The number of hydrogen-bond acceptors (Lipinski definition) is 3. The van der Waals surface area contributed by atoms with E-state index in [-0.39, 0.29) is 5.41 Å². The molecule has 1 fully saturated rings. The summed E-state index contributed by atoms with van der Waals surface area (Å²) in [4.78, 5) is 4.43. The van der Waals surface area contributed by atoms with Crippen LogP contribution in [0.15, 0.2) is 48.3 Å². The molecule has 1 aromatic heterocycles. The maximum atomic E-state index is 6.12. The van der Waals surface area contributed by atoms with Crippen molar-refractivity contribution >= 4 is 5.69 Å². The van der Waals surface area contributed by atoms with Crippen molar-refractivity contribution in [2.75, 3.05) is 5.73 Å². The Morgan fingerprint density at radius 1 is 1.35 bits per heavy atom. The lowest BCUT2D eigenvalue weighted by atomic mass is 9.74. The highest BCUT2D eigenvalue weighted by atomic mass is 16.5. The fourth-order valence-electron chi connectivity index (χ4n) is 3.89. The van der Waals surface area contributed by atoms with Crippen LogP contribution in [0.2, 0.25) is 0 Å². The van der Waals surface area contributed by atoms with E-state index in [1.54, 1.807) is 6.07 Å². The predicted octanol–water partition coefficient (Wildman–Crippen LogP) is 3.39. The van der Waals surface area contributed by atoms with Crippen molar-refractivity contribution < 1.29 is 4.74 Å². The minimum Gasteiger partial charge on any atom is -0.443 e. The molecule has 1 heterocycles. The third kappa shape index (κ3) is 1.62. The highest BCUT2D eigenvalue weighted by Crippen LogP contribution is 2.59. The Bertz CT molecular complexity index is 639. The zero-order valence-corrected chi connectivity index (χ0v) is 11.5. The molecule has 0 amide bonds. The molecular weight excluding hydrogens is 248 g/mol. The molecule has 2 N–H and O–H groups in total. The molecule has 3 heteroatoms. The first-order valence-electron chi connectivity index (χ1n) is 7.16. The number of nitrogens with zero attached hydrogens (tertiary/aromatic N) is 1. The van der Waals surface area contributed by atoms with E-state index in [0.29, 0.717) is 23.4 Å². The lowest BCUT2D eigenvalue weighted by Crippen LogP contribution is -2.28. The molecule has 2 bridgehead atoms. The number of nitrogen functional groups attached to an aromatic ring is 1. The van der Waals surface area contributed by atoms with E-state index >= 15 is 0 Å². The van der Waals surface area contributed by atoms with Crippen LogP contribution in [0.5, 0.6) is 5.88 Å². The van der Waals surface area contributed by atoms with Gasteiger partial charge in [-0.05, 0) is 43.7 Å². The Balaban J connectivity index is 1.68. The predicted molar refractivity (Wildman–Crippen MR) is 79.0 cm³/mol. The summed E-state index contributed by atoms with van der Waals surface area (Å²) in [6.07, 6.45) is 13.6. The average molecular weight is 266 g/mol. The molecule has 20 heavy (non-hydrogen) atoms. The van der Waals surface area contributed by atoms with Crippen LogP contribution in [0.3, 0.4) is 0 Å². The number of pyridine rings is 1. The highest BCUT2D eigenvalue weighted by Gasteiger charge is 2.53. The second-order valence-electron chi connectivity index (χ2n) is 6.10. The summed E-state index contributed by atoms with van der Waals surface area (Å²) in [5.74, 6) is 2.86. The summed E-state index contributed by atoms with van der Waals surface area (Å²) >= 11 is 0. The van der Waals surface area contributed by atoms with Crippen LogP contribution in [0.25, 0.3) is 0 Å². The SMILES string of the molecule is Cc1cc(N)cc(OC2=CC3CC4C=CC=CC24C3)n1. The van der Waals surface area contributed by atoms with Gasteiger partial charge < -0.3 is 10.5 Å². The molecule has 102 valence electrons. The topological polar surface area (TPSA) is 48.1 Å². The summed E-state index contributed by atoms with van der Waals surface area (Å²) in [5, 5.41) is 0. The Kier molecular flexibility index (Phi) is 2.34. The van der Waals surface area contributed by atoms with Gasteiger partial charge in [-0.1, -0.05) is 24.3 Å². The number of rotatable bonds is 2. The van der Waals surface area contributed by atoms with Crippen LogP contribution in [0, 0.1) is 24.2 Å². The van der Waals surface area contributed by atoms with Crippen LogP contribution in [0.4, 0.5) is 5.69 Å². The van der Waals surface area contributed by atoms with Gasteiger partial charge in [0.1, 0.15) is 5.76 Å². The number of ether oxygens (including phenoxy) is 1. The Hall–Kier alpha value is -2.03. The first-order valence-corrected chi connectivity index (χ1v) is 7.16. The van der Waals surface area contributed by atoms with Gasteiger partial charge in [-0.3, -0.25) is 0 Å². The van der Waals surface area contributed by atoms with E-state index in [9.17, 15) is 0 Å². The zero-order valence-electron chi connectivity index (χ0n) is 11.5. The fraction of sp³-hybridized carbons (Fsp3) is 0.353. The van der Waals surface area contributed by atoms with Gasteiger partial charge in [0.2, 0.25) is 5.88 Å². The molecule has 3 unspecified atom stereocenters. The van der Waals surface area contributed by atoms with Gasteiger partial charge in [0, 0.05) is 17.4 Å². The Labute approximate surface area is 118 Å². The van der Waals surface area contributed by atoms with Gasteiger partial charge in [-0.15, -0.1) is 0 Å². The molecule has 3 aliphatic carbocycles. The van der Waals surface area contributed by atoms with Crippen molar-refractivity contribution in [2.24, 2.45) is 17.3 Å². The normalized spacial score (nSPS) is 33.1. The molecule has 3 nitrogen and oxygen atoms in total. The van der Waals surface area contributed by atoms with Crippen molar-refractivity contribution in [3.05, 3.63) is 54.0 Å².